The lowest BCUT2D eigenvalue weighted by molar-refractivity contribution is -0.704. The Labute approximate surface area is 336 Å². The summed E-state index contributed by atoms with van der Waals surface area (Å²) in [4.78, 5) is 0. The van der Waals surface area contributed by atoms with Crippen LogP contribution in [0.4, 0.5) is 0 Å². The van der Waals surface area contributed by atoms with Crippen LogP contribution in [0.2, 0.25) is 0 Å². The molecule has 1 atom stereocenters. The molecular formula is C52H87N2+. The van der Waals surface area contributed by atoms with Gasteiger partial charge in [0.25, 0.3) is 5.82 Å². The van der Waals surface area contributed by atoms with Crippen molar-refractivity contribution in [3.05, 3.63) is 89.5 Å². The van der Waals surface area contributed by atoms with Gasteiger partial charge < -0.3 is 0 Å². The van der Waals surface area contributed by atoms with Gasteiger partial charge in [-0.15, -0.1) is 0 Å². The first-order valence-corrected chi connectivity index (χ1v) is 23.9. The van der Waals surface area contributed by atoms with Crippen LogP contribution in [0.15, 0.2) is 66.9 Å². The highest BCUT2D eigenvalue weighted by molar-refractivity contribution is 5.22. The van der Waals surface area contributed by atoms with Crippen LogP contribution in [0.3, 0.4) is 0 Å². The number of imidazole rings is 1. The van der Waals surface area contributed by atoms with E-state index in [-0.39, 0.29) is 0 Å². The highest BCUT2D eigenvalue weighted by Crippen LogP contribution is 2.23. The summed E-state index contributed by atoms with van der Waals surface area (Å²) in [5.41, 5.74) is 4.43. The third-order valence-corrected chi connectivity index (χ3v) is 12.1. The lowest BCUT2D eigenvalue weighted by atomic mass is 9.96. The van der Waals surface area contributed by atoms with Gasteiger partial charge in [-0.2, -0.15) is 0 Å². The zero-order valence-electron chi connectivity index (χ0n) is 36.2. The lowest BCUT2D eigenvalue weighted by Crippen LogP contribution is -2.37. The van der Waals surface area contributed by atoms with Crippen molar-refractivity contribution in [3.8, 4) is 0 Å². The van der Waals surface area contributed by atoms with Gasteiger partial charge in [-0.25, -0.2) is 9.13 Å². The van der Waals surface area contributed by atoms with Crippen LogP contribution in [0.25, 0.3) is 0 Å². The van der Waals surface area contributed by atoms with Crippen LogP contribution < -0.4 is 4.57 Å². The zero-order valence-corrected chi connectivity index (χ0v) is 36.2. The Morgan fingerprint density at radius 3 is 1.30 bits per heavy atom. The van der Waals surface area contributed by atoms with Gasteiger partial charge in [0, 0.05) is 6.42 Å². The third-order valence-electron chi connectivity index (χ3n) is 12.1. The molecule has 3 aromatic rings. The molecule has 0 amide bonds. The van der Waals surface area contributed by atoms with Crippen LogP contribution in [0, 0.1) is 0 Å². The number of nitrogens with zero attached hydrogens (tertiary/aromatic N) is 2. The number of unbranched alkanes of at least 4 members (excludes halogenated alkanes) is 27. The molecule has 2 aromatic carbocycles. The molecule has 304 valence electrons. The van der Waals surface area contributed by atoms with Gasteiger partial charge in [0.15, 0.2) is 0 Å². The van der Waals surface area contributed by atoms with E-state index in [1.165, 1.54) is 209 Å². The molecule has 0 spiro atoms. The fraction of sp³-hybridized carbons (Fsp3) is 0.712. The van der Waals surface area contributed by atoms with E-state index < -0.39 is 0 Å². The van der Waals surface area contributed by atoms with Gasteiger partial charge in [-0.1, -0.05) is 242 Å². The Bertz CT molecular complexity index is 1240. The van der Waals surface area contributed by atoms with Crippen LogP contribution >= 0.6 is 0 Å². The number of benzene rings is 2. The minimum absolute atomic E-state index is 0.514. The van der Waals surface area contributed by atoms with Crippen molar-refractivity contribution in [2.24, 2.45) is 0 Å². The van der Waals surface area contributed by atoms with Crippen molar-refractivity contribution in [2.75, 3.05) is 0 Å². The van der Waals surface area contributed by atoms with Crippen LogP contribution in [-0.2, 0) is 25.9 Å². The van der Waals surface area contributed by atoms with Crippen molar-refractivity contribution in [3.63, 3.8) is 0 Å². The minimum atomic E-state index is 0.514. The van der Waals surface area contributed by atoms with Gasteiger partial charge in [0.1, 0.15) is 11.9 Å². The highest BCUT2D eigenvalue weighted by Gasteiger charge is 2.25. The molecule has 54 heavy (non-hydrogen) atoms. The summed E-state index contributed by atoms with van der Waals surface area (Å²) in [6.45, 7) is 9.35. The molecular weight excluding hydrogens is 653 g/mol. The summed E-state index contributed by atoms with van der Waals surface area (Å²) >= 11 is 0. The Balaban J connectivity index is 1.47. The fourth-order valence-corrected chi connectivity index (χ4v) is 8.58. The molecule has 0 aliphatic rings. The quantitative estimate of drug-likeness (QED) is 0.0415. The molecule has 0 saturated heterocycles. The second kappa shape index (κ2) is 31.8. The molecule has 3 rings (SSSR count). The molecule has 1 unspecified atom stereocenters. The zero-order chi connectivity index (χ0) is 38.2. The van der Waals surface area contributed by atoms with Gasteiger partial charge in [-0.05, 0) is 42.7 Å². The Morgan fingerprint density at radius 2 is 0.852 bits per heavy atom. The molecule has 0 fully saturated rings. The largest absolute Gasteiger partial charge is 0.261 e. The molecule has 0 radical (unpaired) electrons. The maximum absolute atomic E-state index is 2.76. The average Bonchev–Trinajstić information content (AvgIpc) is 3.51. The van der Waals surface area contributed by atoms with E-state index in [0.29, 0.717) is 5.92 Å². The van der Waals surface area contributed by atoms with Gasteiger partial charge in [0.2, 0.25) is 0 Å². The number of aromatic nitrogens is 2. The summed E-state index contributed by atoms with van der Waals surface area (Å²) in [6.07, 6.45) is 45.8. The van der Waals surface area contributed by atoms with Crippen LogP contribution in [0.1, 0.15) is 236 Å². The Hall–Kier alpha value is -2.35. The molecule has 0 N–H and O–H groups in total. The predicted molar refractivity (Wildman–Crippen MR) is 238 cm³/mol. The van der Waals surface area contributed by atoms with Crippen molar-refractivity contribution in [2.45, 2.75) is 239 Å². The predicted octanol–water partition coefficient (Wildman–Crippen LogP) is 16.1. The smallest absolute Gasteiger partial charge is 0.234 e. The van der Waals surface area contributed by atoms with Crippen LogP contribution in [-0.4, -0.2) is 4.57 Å². The highest BCUT2D eigenvalue weighted by atomic mass is 15.2. The number of hydrogen-bond donors (Lipinski definition) is 0. The van der Waals surface area contributed by atoms with Crippen molar-refractivity contribution in [1.82, 2.24) is 4.57 Å². The van der Waals surface area contributed by atoms with Crippen molar-refractivity contribution < 1.29 is 4.57 Å². The van der Waals surface area contributed by atoms with Crippen LogP contribution in [0.5, 0.6) is 0 Å². The van der Waals surface area contributed by atoms with E-state index in [1.54, 1.807) is 0 Å². The van der Waals surface area contributed by atoms with E-state index >= 15 is 0 Å². The second-order valence-corrected chi connectivity index (χ2v) is 17.1. The molecule has 1 aromatic heterocycles. The standard InChI is InChI=1S/C52H87N2/c1-4-6-8-10-12-14-16-18-19-20-21-22-23-25-27-29-37-43-53-47-51(45-48(3)50-41-35-32-36-42-50)54(52(53)46-49-39-33-31-34-40-49)44-38-30-28-26-24-17-15-13-11-9-7-5-2/h31-36,39-42,47-48H,4-30,37-38,43-46H2,1-3H3/q+1. The van der Waals surface area contributed by atoms with E-state index in [1.807, 2.05) is 0 Å². The summed E-state index contributed by atoms with van der Waals surface area (Å²) < 4.78 is 5.43. The maximum atomic E-state index is 2.76. The third kappa shape index (κ3) is 21.1. The number of hydrogen-bond acceptors (Lipinski definition) is 0. The summed E-state index contributed by atoms with van der Waals surface area (Å²) in [7, 11) is 0. The summed E-state index contributed by atoms with van der Waals surface area (Å²) in [5.74, 6) is 2.04. The monoisotopic (exact) mass is 740 g/mol. The Kier molecular flexibility index (Phi) is 27.1. The summed E-state index contributed by atoms with van der Waals surface area (Å²) in [5, 5.41) is 0. The first kappa shape index (κ1) is 46.0. The SMILES string of the molecule is CCCCCCCCCCCCCCCCCCC[n+]1cc(CC(C)c2ccccc2)n(CCCCCCCCCCCCCC)c1Cc1ccccc1. The molecule has 0 aliphatic carbocycles. The maximum Gasteiger partial charge on any atom is 0.261 e. The first-order chi connectivity index (χ1) is 26.7. The molecule has 0 saturated carbocycles. The molecule has 2 nitrogen and oxygen atoms in total. The molecule has 1 heterocycles. The molecule has 0 bridgehead atoms. The van der Waals surface area contributed by atoms with Gasteiger partial charge in [-0.3, -0.25) is 0 Å². The number of rotatable bonds is 36. The van der Waals surface area contributed by atoms with E-state index in [4.69, 9.17) is 0 Å². The average molecular weight is 740 g/mol. The van der Waals surface area contributed by atoms with E-state index in [2.05, 4.69) is 96.8 Å². The van der Waals surface area contributed by atoms with Crippen molar-refractivity contribution >= 4 is 0 Å². The lowest BCUT2D eigenvalue weighted by Gasteiger charge is -2.12. The van der Waals surface area contributed by atoms with Gasteiger partial charge in [0.05, 0.1) is 19.5 Å². The normalized spacial score (nSPS) is 12.1. The van der Waals surface area contributed by atoms with E-state index in [9.17, 15) is 0 Å². The first-order valence-electron chi connectivity index (χ1n) is 23.9. The van der Waals surface area contributed by atoms with Gasteiger partial charge >= 0.3 is 0 Å². The summed E-state index contributed by atoms with van der Waals surface area (Å²) in [6, 6.07) is 22.4. The van der Waals surface area contributed by atoms with Crippen molar-refractivity contribution in [1.29, 1.82) is 0 Å². The van der Waals surface area contributed by atoms with E-state index in [0.717, 1.165) is 25.9 Å². The minimum Gasteiger partial charge on any atom is -0.234 e. The Morgan fingerprint density at radius 1 is 0.463 bits per heavy atom. The second-order valence-electron chi connectivity index (χ2n) is 17.1. The fourth-order valence-electron chi connectivity index (χ4n) is 8.58. The molecule has 2 heteroatoms. The number of aryl methyl sites for hydroxylation is 1. The topological polar surface area (TPSA) is 8.81 Å². The molecule has 0 aliphatic heterocycles.